The third-order valence-corrected chi connectivity index (χ3v) is 2.11. The van der Waals surface area contributed by atoms with Crippen molar-refractivity contribution in [3.05, 3.63) is 12.7 Å². The van der Waals surface area contributed by atoms with E-state index in [4.69, 9.17) is 0 Å². The molecule has 0 aliphatic heterocycles. The summed E-state index contributed by atoms with van der Waals surface area (Å²) in [6, 6.07) is 0.734. The van der Waals surface area contributed by atoms with Crippen LogP contribution < -0.4 is 0 Å². The van der Waals surface area contributed by atoms with Crippen LogP contribution in [0, 0.1) is 0 Å². The number of hydrogen-bond donors (Lipinski definition) is 0. The van der Waals surface area contributed by atoms with Crippen molar-refractivity contribution >= 4 is 0 Å². The summed E-state index contributed by atoms with van der Waals surface area (Å²) < 4.78 is 1.05. The van der Waals surface area contributed by atoms with Gasteiger partial charge in [-0.05, 0) is 13.3 Å². The van der Waals surface area contributed by atoms with Gasteiger partial charge in [0.1, 0.15) is 0 Å². The fourth-order valence-electron chi connectivity index (χ4n) is 0.746. The third kappa shape index (κ3) is 3.67. The van der Waals surface area contributed by atoms with Crippen LogP contribution in [0.15, 0.2) is 12.7 Å². The highest BCUT2D eigenvalue weighted by atomic mass is 15.3. The van der Waals surface area contributed by atoms with E-state index in [0.29, 0.717) is 0 Å². The lowest BCUT2D eigenvalue weighted by Gasteiger charge is -2.31. The van der Waals surface area contributed by atoms with Crippen LogP contribution in [0.1, 0.15) is 19.8 Å². The zero-order valence-corrected chi connectivity index (χ0v) is 7.72. The number of rotatable bonds is 4. The summed E-state index contributed by atoms with van der Waals surface area (Å²) in [6.45, 7) is 5.99. The number of quaternary nitrogens is 1. The van der Waals surface area contributed by atoms with Crippen molar-refractivity contribution in [1.29, 1.82) is 0 Å². The first-order valence-electron chi connectivity index (χ1n) is 3.90. The van der Waals surface area contributed by atoms with Crippen LogP contribution in [0.25, 0.3) is 0 Å². The summed E-state index contributed by atoms with van der Waals surface area (Å²) in [5.74, 6) is 0. The number of allylic oxidation sites excluding steroid dienone is 1. The quantitative estimate of drug-likeness (QED) is 0.416. The fourth-order valence-corrected chi connectivity index (χ4v) is 0.746. The zero-order chi connectivity index (χ0) is 8.20. The Hall–Kier alpha value is -0.300. The summed E-state index contributed by atoms with van der Waals surface area (Å²) in [5, 5.41) is 0. The fraction of sp³-hybridized carbons (Fsp3) is 0.778. The van der Waals surface area contributed by atoms with E-state index in [2.05, 4.69) is 34.6 Å². The summed E-state index contributed by atoms with van der Waals surface area (Å²) in [7, 11) is 6.69. The van der Waals surface area contributed by atoms with Gasteiger partial charge in [-0.2, -0.15) is 0 Å². The first-order valence-corrected chi connectivity index (χ1v) is 3.90. The molecule has 0 radical (unpaired) electrons. The molecule has 60 valence electrons. The van der Waals surface area contributed by atoms with Crippen LogP contribution in [-0.4, -0.2) is 31.7 Å². The van der Waals surface area contributed by atoms with E-state index in [1.54, 1.807) is 0 Å². The van der Waals surface area contributed by atoms with Crippen molar-refractivity contribution in [3.63, 3.8) is 0 Å². The van der Waals surface area contributed by atoms with Gasteiger partial charge in [0, 0.05) is 6.42 Å². The van der Waals surface area contributed by atoms with E-state index in [-0.39, 0.29) is 0 Å². The highest BCUT2D eigenvalue weighted by Crippen LogP contribution is 2.08. The largest absolute Gasteiger partial charge is 0.329 e. The topological polar surface area (TPSA) is 0 Å². The van der Waals surface area contributed by atoms with Crippen molar-refractivity contribution in [2.45, 2.75) is 25.8 Å². The van der Waals surface area contributed by atoms with Crippen LogP contribution in [0.4, 0.5) is 0 Å². The molecule has 0 N–H and O–H groups in total. The lowest BCUT2D eigenvalue weighted by molar-refractivity contribution is -0.894. The van der Waals surface area contributed by atoms with Crippen LogP contribution >= 0.6 is 0 Å². The molecule has 0 amide bonds. The van der Waals surface area contributed by atoms with Gasteiger partial charge in [0.25, 0.3) is 0 Å². The Kier molecular flexibility index (Phi) is 3.66. The maximum Gasteiger partial charge on any atom is 0.0858 e. The maximum absolute atomic E-state index is 3.71. The molecular weight excluding hydrogens is 122 g/mol. The molecule has 0 aromatic carbocycles. The Balaban J connectivity index is 3.61. The second kappa shape index (κ2) is 3.77. The van der Waals surface area contributed by atoms with Crippen LogP contribution in [-0.2, 0) is 0 Å². The van der Waals surface area contributed by atoms with Gasteiger partial charge in [-0.25, -0.2) is 0 Å². The molecule has 0 saturated carbocycles. The van der Waals surface area contributed by atoms with E-state index in [9.17, 15) is 0 Å². The highest BCUT2D eigenvalue weighted by Gasteiger charge is 2.16. The van der Waals surface area contributed by atoms with E-state index in [0.717, 1.165) is 16.9 Å². The lowest BCUT2D eigenvalue weighted by atomic mass is 10.1. The van der Waals surface area contributed by atoms with Gasteiger partial charge in [-0.15, -0.1) is 6.58 Å². The Morgan fingerprint density at radius 3 is 2.20 bits per heavy atom. The minimum atomic E-state index is 0.734. The minimum Gasteiger partial charge on any atom is -0.329 e. The predicted octanol–water partition coefficient (Wildman–Crippen LogP) is 2.05. The molecule has 0 aliphatic rings. The minimum absolute atomic E-state index is 0.734. The maximum atomic E-state index is 3.71. The zero-order valence-electron chi connectivity index (χ0n) is 7.72. The SMILES string of the molecule is C=CCCC(C)[N+](C)(C)C. The summed E-state index contributed by atoms with van der Waals surface area (Å²) in [5.41, 5.74) is 0. The van der Waals surface area contributed by atoms with Crippen molar-refractivity contribution < 1.29 is 4.48 Å². The van der Waals surface area contributed by atoms with E-state index in [1.165, 1.54) is 6.42 Å². The normalized spacial score (nSPS) is 14.8. The van der Waals surface area contributed by atoms with Crippen molar-refractivity contribution in [1.82, 2.24) is 0 Å². The van der Waals surface area contributed by atoms with Gasteiger partial charge in [0.2, 0.25) is 0 Å². The Labute approximate surface area is 64.9 Å². The smallest absolute Gasteiger partial charge is 0.0858 e. The average Bonchev–Trinajstić information content (AvgIpc) is 1.80. The van der Waals surface area contributed by atoms with Gasteiger partial charge in [-0.1, -0.05) is 6.08 Å². The monoisotopic (exact) mass is 142 g/mol. The molecular formula is C9H20N+. The number of hydrogen-bond acceptors (Lipinski definition) is 0. The summed E-state index contributed by atoms with van der Waals surface area (Å²) >= 11 is 0. The number of nitrogens with zero attached hydrogens (tertiary/aromatic N) is 1. The molecule has 0 bridgehead atoms. The highest BCUT2D eigenvalue weighted by molar-refractivity contribution is 4.67. The van der Waals surface area contributed by atoms with Crippen molar-refractivity contribution in [2.75, 3.05) is 21.1 Å². The van der Waals surface area contributed by atoms with E-state index >= 15 is 0 Å². The summed E-state index contributed by atoms with van der Waals surface area (Å²) in [4.78, 5) is 0. The summed E-state index contributed by atoms with van der Waals surface area (Å²) in [6.07, 6.45) is 4.37. The Bertz CT molecular complexity index is 99.8. The Morgan fingerprint density at radius 1 is 1.40 bits per heavy atom. The molecule has 1 unspecified atom stereocenters. The van der Waals surface area contributed by atoms with Crippen LogP contribution in [0.3, 0.4) is 0 Å². The first kappa shape index (κ1) is 9.70. The molecule has 0 aromatic heterocycles. The van der Waals surface area contributed by atoms with Crippen molar-refractivity contribution in [2.24, 2.45) is 0 Å². The molecule has 1 atom stereocenters. The van der Waals surface area contributed by atoms with Gasteiger partial charge in [0.05, 0.1) is 27.2 Å². The van der Waals surface area contributed by atoms with Gasteiger partial charge >= 0.3 is 0 Å². The Morgan fingerprint density at radius 2 is 1.90 bits per heavy atom. The lowest BCUT2D eigenvalue weighted by Crippen LogP contribution is -2.42. The van der Waals surface area contributed by atoms with Gasteiger partial charge in [0.15, 0.2) is 0 Å². The average molecular weight is 142 g/mol. The molecule has 0 rings (SSSR count). The predicted molar refractivity (Wildman–Crippen MR) is 46.9 cm³/mol. The van der Waals surface area contributed by atoms with E-state index in [1.807, 2.05) is 6.08 Å². The molecule has 0 aromatic rings. The second-order valence-electron chi connectivity index (χ2n) is 3.83. The molecule has 0 fully saturated rings. The first-order chi connectivity index (χ1) is 4.48. The standard InChI is InChI=1S/C9H20N/c1-6-7-8-9(2)10(3,4)5/h6,9H,1,7-8H2,2-5H3/q+1. The van der Waals surface area contributed by atoms with Crippen LogP contribution in [0.5, 0.6) is 0 Å². The molecule has 0 aliphatic carbocycles. The molecule has 1 nitrogen and oxygen atoms in total. The van der Waals surface area contributed by atoms with Gasteiger partial charge < -0.3 is 4.48 Å². The van der Waals surface area contributed by atoms with E-state index < -0.39 is 0 Å². The molecule has 0 spiro atoms. The van der Waals surface area contributed by atoms with Crippen LogP contribution in [0.2, 0.25) is 0 Å². The molecule has 0 heterocycles. The van der Waals surface area contributed by atoms with Crippen molar-refractivity contribution in [3.8, 4) is 0 Å². The molecule has 10 heavy (non-hydrogen) atoms. The molecule has 0 saturated heterocycles. The second-order valence-corrected chi connectivity index (χ2v) is 3.83. The third-order valence-electron chi connectivity index (χ3n) is 2.11. The van der Waals surface area contributed by atoms with Gasteiger partial charge in [-0.3, -0.25) is 0 Å². The molecule has 1 heteroatoms.